The first-order chi connectivity index (χ1) is 15.6. The number of hydrogen-bond acceptors (Lipinski definition) is 4. The van der Waals surface area contributed by atoms with Crippen LogP contribution in [0.25, 0.3) is 0 Å². The Morgan fingerprint density at radius 2 is 2.03 bits per heavy atom. The van der Waals surface area contributed by atoms with E-state index in [0.29, 0.717) is 6.54 Å². The largest absolute Gasteiger partial charge is 0.488 e. The van der Waals surface area contributed by atoms with Gasteiger partial charge in [-0.1, -0.05) is 19.1 Å². The van der Waals surface area contributed by atoms with Crippen LogP contribution in [0.15, 0.2) is 35.7 Å². The number of para-hydroxylation sites is 1. The number of carbonyl (C=O) groups excluding carboxylic acids is 2. The van der Waals surface area contributed by atoms with Crippen molar-refractivity contribution in [1.82, 2.24) is 15.1 Å². The number of nitrogens with one attached hydrogen (secondary N) is 1. The van der Waals surface area contributed by atoms with E-state index in [1.807, 2.05) is 46.1 Å². The topological polar surface area (TPSA) is 61.9 Å². The highest BCUT2D eigenvalue weighted by Gasteiger charge is 2.34. The summed E-state index contributed by atoms with van der Waals surface area (Å²) >= 11 is 1.66. The maximum Gasteiger partial charge on any atom is 0.318 e. The fourth-order valence-electron chi connectivity index (χ4n) is 3.88. The summed E-state index contributed by atoms with van der Waals surface area (Å²) in [4.78, 5) is 31.0. The molecule has 2 aromatic rings. The zero-order valence-electron chi connectivity index (χ0n) is 20.1. The van der Waals surface area contributed by atoms with E-state index in [1.54, 1.807) is 39.3 Å². The molecule has 0 radical (unpaired) electrons. The average molecular weight is 476 g/mol. The van der Waals surface area contributed by atoms with Crippen molar-refractivity contribution in [2.45, 2.75) is 65.1 Å². The molecular weight excluding hydrogens is 441 g/mol. The lowest BCUT2D eigenvalue weighted by molar-refractivity contribution is -0.136. The second-order valence-corrected chi connectivity index (χ2v) is 10.5. The number of rotatable bonds is 7. The quantitative estimate of drug-likeness (QED) is 0.613. The van der Waals surface area contributed by atoms with E-state index in [9.17, 15) is 14.0 Å². The molecule has 0 saturated carbocycles. The molecule has 0 aliphatic carbocycles. The molecule has 180 valence electrons. The predicted molar refractivity (Wildman–Crippen MR) is 129 cm³/mol. The first-order valence-corrected chi connectivity index (χ1v) is 12.3. The third kappa shape index (κ3) is 6.25. The number of benzene rings is 1. The van der Waals surface area contributed by atoms with Crippen molar-refractivity contribution >= 4 is 23.3 Å². The van der Waals surface area contributed by atoms with Gasteiger partial charge in [0.1, 0.15) is 13.2 Å². The minimum atomic E-state index is -0.432. The molecule has 6 nitrogen and oxygen atoms in total. The molecular formula is C25H34FN3O3S. The van der Waals surface area contributed by atoms with Crippen LogP contribution in [0, 0.1) is 5.82 Å². The molecule has 2 heterocycles. The summed E-state index contributed by atoms with van der Waals surface area (Å²) in [5, 5.41) is 4.98. The van der Waals surface area contributed by atoms with Crippen LogP contribution in [-0.4, -0.2) is 53.0 Å². The lowest BCUT2D eigenvalue weighted by Gasteiger charge is -2.38. The van der Waals surface area contributed by atoms with E-state index in [2.05, 4.69) is 5.32 Å². The second kappa shape index (κ2) is 10.5. The van der Waals surface area contributed by atoms with Gasteiger partial charge in [0.05, 0.1) is 6.04 Å². The first-order valence-electron chi connectivity index (χ1n) is 11.4. The predicted octanol–water partition coefficient (Wildman–Crippen LogP) is 5.00. The smallest absolute Gasteiger partial charge is 0.318 e. The fourth-order valence-corrected chi connectivity index (χ4v) is 4.81. The van der Waals surface area contributed by atoms with Crippen LogP contribution >= 0.6 is 11.3 Å². The lowest BCUT2D eigenvalue weighted by Crippen LogP contribution is -2.55. The molecule has 33 heavy (non-hydrogen) atoms. The standard InChI is InChI=1S/C25H34FN3O3S/c1-6-17(2)29(24(31)27-25(3,4)5)15-23(30)28-13-11-22-18(12-14-33-22)20(28)16-32-21-10-8-7-9-19(21)26/h7-10,12,14,17,20H,6,11,13,15-16H2,1-5H3,(H,27,31)/t17-,20+/m0/s1. The summed E-state index contributed by atoms with van der Waals surface area (Å²) in [6, 6.07) is 7.60. The van der Waals surface area contributed by atoms with E-state index in [0.717, 1.165) is 18.4 Å². The Labute approximate surface area is 199 Å². The molecule has 0 spiro atoms. The van der Waals surface area contributed by atoms with Crippen LogP contribution in [-0.2, 0) is 11.2 Å². The molecule has 8 heteroatoms. The van der Waals surface area contributed by atoms with Gasteiger partial charge in [-0.25, -0.2) is 9.18 Å². The second-order valence-electron chi connectivity index (χ2n) is 9.46. The van der Waals surface area contributed by atoms with Gasteiger partial charge in [-0.05, 0) is 69.7 Å². The van der Waals surface area contributed by atoms with Gasteiger partial charge in [0, 0.05) is 23.0 Å². The Bertz CT molecular complexity index is 972. The molecule has 1 aromatic heterocycles. The SMILES string of the molecule is CC[C@H](C)N(CC(=O)N1CCc2sccc2[C@H]1COc1ccccc1F)C(=O)NC(C)(C)C. The number of urea groups is 1. The molecule has 0 saturated heterocycles. The van der Waals surface area contributed by atoms with Crippen molar-refractivity contribution in [3.8, 4) is 5.75 Å². The highest BCUT2D eigenvalue weighted by Crippen LogP contribution is 2.34. The van der Waals surface area contributed by atoms with Crippen molar-refractivity contribution in [2.24, 2.45) is 0 Å². The molecule has 3 amide bonds. The number of halogens is 1. The molecule has 1 aromatic carbocycles. The molecule has 1 N–H and O–H groups in total. The van der Waals surface area contributed by atoms with Crippen molar-refractivity contribution in [1.29, 1.82) is 0 Å². The third-order valence-electron chi connectivity index (χ3n) is 5.82. The van der Waals surface area contributed by atoms with Crippen LogP contribution in [0.4, 0.5) is 9.18 Å². The average Bonchev–Trinajstić information content (AvgIpc) is 3.24. The van der Waals surface area contributed by atoms with Gasteiger partial charge in [0.25, 0.3) is 0 Å². The highest BCUT2D eigenvalue weighted by molar-refractivity contribution is 7.10. The minimum absolute atomic E-state index is 0.0212. The summed E-state index contributed by atoms with van der Waals surface area (Å²) < 4.78 is 19.9. The number of fused-ring (bicyclic) bond motifs is 1. The molecule has 0 bridgehead atoms. The van der Waals surface area contributed by atoms with E-state index < -0.39 is 11.4 Å². The Morgan fingerprint density at radius 1 is 1.30 bits per heavy atom. The Kier molecular flexibility index (Phi) is 8.00. The number of amides is 3. The summed E-state index contributed by atoms with van der Waals surface area (Å²) in [5.41, 5.74) is 0.628. The minimum Gasteiger partial charge on any atom is -0.488 e. The fraction of sp³-hybridized carbons (Fsp3) is 0.520. The summed E-state index contributed by atoms with van der Waals surface area (Å²) in [5.74, 6) is -0.407. The van der Waals surface area contributed by atoms with Gasteiger partial charge in [0.2, 0.25) is 5.91 Å². The number of ether oxygens (including phenoxy) is 1. The zero-order chi connectivity index (χ0) is 24.2. The summed E-state index contributed by atoms with van der Waals surface area (Å²) in [6.07, 6.45) is 1.49. The molecule has 1 aliphatic heterocycles. The lowest BCUT2D eigenvalue weighted by atomic mass is 10.00. The molecule has 1 aliphatic rings. The van der Waals surface area contributed by atoms with Gasteiger partial charge >= 0.3 is 6.03 Å². The van der Waals surface area contributed by atoms with Crippen LogP contribution in [0.1, 0.15) is 57.5 Å². The highest BCUT2D eigenvalue weighted by atomic mass is 32.1. The van der Waals surface area contributed by atoms with E-state index in [-0.39, 0.29) is 42.9 Å². The Morgan fingerprint density at radius 3 is 2.70 bits per heavy atom. The van der Waals surface area contributed by atoms with Gasteiger partial charge in [-0.3, -0.25) is 4.79 Å². The van der Waals surface area contributed by atoms with E-state index in [1.165, 1.54) is 10.9 Å². The van der Waals surface area contributed by atoms with Crippen LogP contribution in [0.3, 0.4) is 0 Å². The Hall–Kier alpha value is -2.61. The monoisotopic (exact) mass is 475 g/mol. The maximum absolute atomic E-state index is 14.1. The first kappa shape index (κ1) is 25.0. The summed E-state index contributed by atoms with van der Waals surface area (Å²) in [7, 11) is 0. The van der Waals surface area contributed by atoms with Gasteiger partial charge in [0.15, 0.2) is 11.6 Å². The van der Waals surface area contributed by atoms with Crippen molar-refractivity contribution in [2.75, 3.05) is 19.7 Å². The number of nitrogens with zero attached hydrogens (tertiary/aromatic N) is 2. The maximum atomic E-state index is 14.1. The number of carbonyl (C=O) groups is 2. The van der Waals surface area contributed by atoms with Crippen LogP contribution in [0.5, 0.6) is 5.75 Å². The molecule has 3 rings (SSSR count). The van der Waals surface area contributed by atoms with Crippen molar-refractivity contribution in [3.63, 3.8) is 0 Å². The van der Waals surface area contributed by atoms with Crippen molar-refractivity contribution < 1.29 is 18.7 Å². The van der Waals surface area contributed by atoms with Crippen LogP contribution in [0.2, 0.25) is 0 Å². The number of thiophene rings is 1. The van der Waals surface area contributed by atoms with Crippen molar-refractivity contribution in [3.05, 3.63) is 52.0 Å². The normalized spacial score (nSPS) is 16.7. The Balaban J connectivity index is 1.80. The molecule has 2 atom stereocenters. The van der Waals surface area contributed by atoms with E-state index in [4.69, 9.17) is 4.74 Å². The summed E-state index contributed by atoms with van der Waals surface area (Å²) in [6.45, 7) is 10.4. The number of hydrogen-bond donors (Lipinski definition) is 1. The van der Waals surface area contributed by atoms with Gasteiger partial charge in [-0.15, -0.1) is 11.3 Å². The third-order valence-corrected chi connectivity index (χ3v) is 6.82. The zero-order valence-corrected chi connectivity index (χ0v) is 20.9. The van der Waals surface area contributed by atoms with Crippen LogP contribution < -0.4 is 10.1 Å². The molecule has 0 unspecified atom stereocenters. The van der Waals surface area contributed by atoms with Gasteiger partial charge < -0.3 is 19.9 Å². The van der Waals surface area contributed by atoms with Gasteiger partial charge in [-0.2, -0.15) is 0 Å². The molecule has 0 fully saturated rings. The van der Waals surface area contributed by atoms with E-state index >= 15 is 0 Å².